The van der Waals surface area contributed by atoms with Crippen LogP contribution in [0.1, 0.15) is 162 Å². The summed E-state index contributed by atoms with van der Waals surface area (Å²) in [6, 6.07) is -0.494. The van der Waals surface area contributed by atoms with Crippen LogP contribution in [0.25, 0.3) is 0 Å². The Bertz CT molecular complexity index is 819. The average Bonchev–Trinajstić information content (AvgIpc) is 2.95. The lowest BCUT2D eigenvalue weighted by Gasteiger charge is -2.29. The fraction of sp³-hybridized carbons (Fsp3) is 0.943. The molecule has 44 heavy (non-hydrogen) atoms. The highest BCUT2D eigenvalue weighted by Gasteiger charge is 2.25. The van der Waals surface area contributed by atoms with E-state index in [4.69, 9.17) is 4.55 Å². The largest absolute Gasteiger partial charge is 0.354 e. The molecule has 8 nitrogen and oxygen atoms in total. The molecular formula is C35H72N3O5S+. The van der Waals surface area contributed by atoms with Gasteiger partial charge in [-0.25, -0.2) is 0 Å². The number of carbonyl (C=O) groups excluding carboxylic acids is 2. The highest BCUT2D eigenvalue weighted by atomic mass is 32.2. The first kappa shape index (κ1) is 42.8. The van der Waals surface area contributed by atoms with Crippen LogP contribution in [0.4, 0.5) is 0 Å². The summed E-state index contributed by atoms with van der Waals surface area (Å²) >= 11 is 0. The van der Waals surface area contributed by atoms with E-state index in [1.54, 1.807) is 0 Å². The zero-order valence-corrected chi connectivity index (χ0v) is 30.3. The van der Waals surface area contributed by atoms with E-state index >= 15 is 0 Å². The van der Waals surface area contributed by atoms with Crippen LogP contribution >= 0.6 is 0 Å². The smallest absolute Gasteiger partial charge is 0.265 e. The van der Waals surface area contributed by atoms with Gasteiger partial charge in [0.15, 0.2) is 0 Å². The summed E-state index contributed by atoms with van der Waals surface area (Å²) in [6.07, 6.45) is 25.5. The van der Waals surface area contributed by atoms with E-state index in [0.29, 0.717) is 30.4 Å². The molecule has 3 N–H and O–H groups in total. The molecule has 2 atom stereocenters. The topological polar surface area (TPSA) is 113 Å². The van der Waals surface area contributed by atoms with Crippen LogP contribution in [0.5, 0.6) is 0 Å². The van der Waals surface area contributed by atoms with E-state index in [1.165, 1.54) is 89.9 Å². The minimum absolute atomic E-state index is 0.0717. The Morgan fingerprint density at radius 1 is 0.682 bits per heavy atom. The van der Waals surface area contributed by atoms with Crippen molar-refractivity contribution in [1.29, 1.82) is 0 Å². The van der Waals surface area contributed by atoms with Gasteiger partial charge >= 0.3 is 0 Å². The molecule has 0 radical (unpaired) electrons. The van der Waals surface area contributed by atoms with E-state index in [0.717, 1.165) is 45.1 Å². The summed E-state index contributed by atoms with van der Waals surface area (Å²) in [5.74, 6) is -0.280. The standard InChI is InChI=1S/C35H71N3O5S/c1-6-8-9-10-11-12-13-14-15-16-17-18-19-20-21-24-28-36-35(40)34(32(3)7-2)37-33(39)27-23-22-25-29-38(4,5)30-26-31-44(41,42)43/h32,34H,6-31H2,1-5H3,(H2-,36,37,39,40,41,42,43)/p+1/t32-,34-/m0/s1. The predicted molar refractivity (Wildman–Crippen MR) is 185 cm³/mol. The Labute approximate surface area is 272 Å². The van der Waals surface area contributed by atoms with Crippen molar-refractivity contribution in [3.63, 3.8) is 0 Å². The lowest BCUT2D eigenvalue weighted by atomic mass is 9.98. The van der Waals surface area contributed by atoms with Crippen LogP contribution in [0.2, 0.25) is 0 Å². The Balaban J connectivity index is 3.95. The number of nitrogens with zero attached hydrogens (tertiary/aromatic N) is 1. The van der Waals surface area contributed by atoms with E-state index in [9.17, 15) is 18.0 Å². The molecule has 0 aliphatic heterocycles. The summed E-state index contributed by atoms with van der Waals surface area (Å²) in [5.41, 5.74) is 0. The van der Waals surface area contributed by atoms with Crippen LogP contribution in [-0.4, -0.2) is 74.8 Å². The van der Waals surface area contributed by atoms with E-state index in [-0.39, 0.29) is 23.5 Å². The summed E-state index contributed by atoms with van der Waals surface area (Å²) < 4.78 is 31.4. The molecule has 0 rings (SSSR count). The van der Waals surface area contributed by atoms with Crippen LogP contribution in [-0.2, 0) is 19.7 Å². The van der Waals surface area contributed by atoms with Gasteiger partial charge in [-0.15, -0.1) is 0 Å². The van der Waals surface area contributed by atoms with Gasteiger partial charge in [0.25, 0.3) is 10.1 Å². The van der Waals surface area contributed by atoms with Gasteiger partial charge in [-0.1, -0.05) is 124 Å². The van der Waals surface area contributed by atoms with E-state index < -0.39 is 16.2 Å². The number of carbonyl (C=O) groups is 2. The van der Waals surface area contributed by atoms with Crippen LogP contribution < -0.4 is 10.6 Å². The molecule has 0 aromatic rings. The van der Waals surface area contributed by atoms with Gasteiger partial charge in [-0.2, -0.15) is 8.42 Å². The van der Waals surface area contributed by atoms with Crippen molar-refractivity contribution in [2.75, 3.05) is 39.5 Å². The second-order valence-electron chi connectivity index (χ2n) is 13.9. The quantitative estimate of drug-likeness (QED) is 0.0404. The third-order valence-corrected chi connectivity index (χ3v) is 9.78. The first-order chi connectivity index (χ1) is 20.9. The monoisotopic (exact) mass is 647 g/mol. The number of unbranched alkanes of at least 4 members (excludes halogenated alkanes) is 17. The van der Waals surface area contributed by atoms with Crippen molar-refractivity contribution < 1.29 is 27.0 Å². The highest BCUT2D eigenvalue weighted by molar-refractivity contribution is 7.85. The molecule has 2 amide bonds. The number of nitrogens with one attached hydrogen (secondary N) is 2. The molecule has 0 saturated heterocycles. The fourth-order valence-electron chi connectivity index (χ4n) is 5.73. The Morgan fingerprint density at radius 2 is 1.14 bits per heavy atom. The molecular weight excluding hydrogens is 574 g/mol. The van der Waals surface area contributed by atoms with Crippen LogP contribution in [0.3, 0.4) is 0 Å². The molecule has 0 aliphatic rings. The minimum Gasteiger partial charge on any atom is -0.354 e. The van der Waals surface area contributed by atoms with Crippen molar-refractivity contribution in [2.45, 2.75) is 168 Å². The van der Waals surface area contributed by atoms with Crippen molar-refractivity contribution in [3.05, 3.63) is 0 Å². The molecule has 0 aromatic heterocycles. The third kappa shape index (κ3) is 27.1. The lowest BCUT2D eigenvalue weighted by molar-refractivity contribution is -0.890. The van der Waals surface area contributed by atoms with Crippen LogP contribution in [0, 0.1) is 5.92 Å². The summed E-state index contributed by atoms with van der Waals surface area (Å²) in [5, 5.41) is 6.05. The summed E-state index contributed by atoms with van der Waals surface area (Å²) in [7, 11) is 0.184. The zero-order chi connectivity index (χ0) is 33.1. The summed E-state index contributed by atoms with van der Waals surface area (Å²) in [4.78, 5) is 25.5. The molecule has 0 spiro atoms. The lowest BCUT2D eigenvalue weighted by Crippen LogP contribution is -2.50. The van der Waals surface area contributed by atoms with Gasteiger partial charge in [0.05, 0.1) is 32.9 Å². The molecule has 0 unspecified atom stereocenters. The van der Waals surface area contributed by atoms with Gasteiger partial charge < -0.3 is 15.1 Å². The van der Waals surface area contributed by atoms with Gasteiger partial charge in [-0.3, -0.25) is 14.1 Å². The SMILES string of the molecule is CCCCCCCCCCCCCCCCCCNC(=O)[C@@H](NC(=O)CCCCC[N+](C)(C)CCCS(=O)(=O)O)[C@@H](C)CC. The van der Waals surface area contributed by atoms with E-state index in [2.05, 4.69) is 17.6 Å². The van der Waals surface area contributed by atoms with Gasteiger partial charge in [-0.05, 0) is 31.6 Å². The molecule has 0 bridgehead atoms. The maximum absolute atomic E-state index is 12.9. The first-order valence-corrected chi connectivity index (χ1v) is 19.9. The minimum atomic E-state index is -3.91. The Hall–Kier alpha value is -1.19. The van der Waals surface area contributed by atoms with Gasteiger partial charge in [0.1, 0.15) is 6.04 Å². The molecule has 0 fully saturated rings. The molecule has 0 aromatic carbocycles. The zero-order valence-electron chi connectivity index (χ0n) is 29.5. The van der Waals surface area contributed by atoms with Crippen molar-refractivity contribution in [2.24, 2.45) is 5.92 Å². The predicted octanol–water partition coefficient (Wildman–Crippen LogP) is 7.81. The molecule has 0 saturated carbocycles. The number of rotatable bonds is 31. The van der Waals surface area contributed by atoms with Crippen molar-refractivity contribution in [3.8, 4) is 0 Å². The molecule has 0 heterocycles. The van der Waals surface area contributed by atoms with E-state index in [1.807, 2.05) is 27.9 Å². The van der Waals surface area contributed by atoms with Crippen molar-refractivity contribution in [1.82, 2.24) is 10.6 Å². The fourth-order valence-corrected chi connectivity index (χ4v) is 6.23. The maximum atomic E-state index is 12.9. The third-order valence-electron chi connectivity index (χ3n) is 8.97. The number of amides is 2. The highest BCUT2D eigenvalue weighted by Crippen LogP contribution is 2.14. The van der Waals surface area contributed by atoms with Gasteiger partial charge in [0.2, 0.25) is 11.8 Å². The second kappa shape index (κ2) is 27.0. The van der Waals surface area contributed by atoms with Crippen LogP contribution in [0.15, 0.2) is 0 Å². The summed E-state index contributed by atoms with van der Waals surface area (Å²) in [6.45, 7) is 8.55. The molecule has 0 aliphatic carbocycles. The first-order valence-electron chi connectivity index (χ1n) is 18.3. The van der Waals surface area contributed by atoms with Gasteiger partial charge in [0, 0.05) is 19.4 Å². The molecule has 262 valence electrons. The molecule has 9 heteroatoms. The Morgan fingerprint density at radius 3 is 1.61 bits per heavy atom. The normalized spacial score (nSPS) is 13.5. The number of quaternary nitrogens is 1. The van der Waals surface area contributed by atoms with Crippen molar-refractivity contribution >= 4 is 21.9 Å². The maximum Gasteiger partial charge on any atom is 0.265 e. The number of hydrogen-bond donors (Lipinski definition) is 3. The number of hydrogen-bond acceptors (Lipinski definition) is 4. The second-order valence-corrected chi connectivity index (χ2v) is 15.4. The average molecular weight is 647 g/mol. The Kier molecular flexibility index (Phi) is 26.2.